The summed E-state index contributed by atoms with van der Waals surface area (Å²) in [5.74, 6) is 1.20. The maximum Gasteiger partial charge on any atom is 0.193 e. The molecule has 8 rings (SSSR count). The van der Waals surface area contributed by atoms with Crippen molar-refractivity contribution in [2.75, 3.05) is 0 Å². The zero-order chi connectivity index (χ0) is 28.5. The molecule has 0 amide bonds. The van der Waals surface area contributed by atoms with Gasteiger partial charge in [-0.25, -0.2) is 0 Å². The Labute approximate surface area is 240 Å². The van der Waals surface area contributed by atoms with Gasteiger partial charge in [0, 0.05) is 28.6 Å². The van der Waals surface area contributed by atoms with Crippen LogP contribution in [-0.4, -0.2) is 0 Å². The highest BCUT2D eigenvalue weighted by Crippen LogP contribution is 2.28. The molecule has 0 aliphatic rings. The molecule has 0 fully saturated rings. The van der Waals surface area contributed by atoms with E-state index >= 15 is 0 Å². The second-order valence-corrected chi connectivity index (χ2v) is 10.0. The van der Waals surface area contributed by atoms with E-state index in [2.05, 4.69) is 0 Å². The van der Waals surface area contributed by atoms with E-state index in [4.69, 9.17) is 8.83 Å². The molecule has 4 heteroatoms. The van der Waals surface area contributed by atoms with Gasteiger partial charge < -0.3 is 8.83 Å². The van der Waals surface area contributed by atoms with Crippen molar-refractivity contribution >= 4 is 43.5 Å². The summed E-state index contributed by atoms with van der Waals surface area (Å²) in [6.07, 6.45) is 0. The Balaban J connectivity index is 0.000000137. The molecule has 0 atom stereocenters. The zero-order valence-corrected chi connectivity index (χ0v) is 22.5. The van der Waals surface area contributed by atoms with Crippen LogP contribution in [0.5, 0.6) is 0 Å². The summed E-state index contributed by atoms with van der Waals surface area (Å²) in [6, 6.07) is 45.9. The molecule has 0 spiro atoms. The van der Waals surface area contributed by atoms with E-state index < -0.39 is 0 Å². The molecule has 0 aliphatic carbocycles. The van der Waals surface area contributed by atoms with Crippen molar-refractivity contribution < 1.29 is 8.83 Å². The van der Waals surface area contributed by atoms with Crippen molar-refractivity contribution in [1.29, 1.82) is 0 Å². The molecule has 0 aliphatic heterocycles. The van der Waals surface area contributed by atoms with Crippen molar-refractivity contribution in [3.8, 4) is 22.6 Å². The van der Waals surface area contributed by atoms with E-state index in [1.807, 2.05) is 133 Å². The van der Waals surface area contributed by atoms with E-state index in [1.165, 1.54) is 0 Å². The fourth-order valence-corrected chi connectivity index (χ4v) is 5.30. The van der Waals surface area contributed by atoms with Crippen molar-refractivity contribution in [2.24, 2.45) is 0 Å². The summed E-state index contributed by atoms with van der Waals surface area (Å²) in [4.78, 5) is 24.9. The van der Waals surface area contributed by atoms with Gasteiger partial charge >= 0.3 is 0 Å². The third kappa shape index (κ3) is 4.65. The average molecular weight is 545 g/mol. The molecule has 8 aromatic rings. The average Bonchev–Trinajstić information content (AvgIpc) is 3.05. The Kier molecular flexibility index (Phi) is 6.42. The smallest absolute Gasteiger partial charge is 0.193 e. The van der Waals surface area contributed by atoms with Gasteiger partial charge in [-0.2, -0.15) is 0 Å². The first kappa shape index (κ1) is 25.2. The lowest BCUT2D eigenvalue weighted by atomic mass is 10.0. The third-order valence-corrected chi connectivity index (χ3v) is 7.36. The van der Waals surface area contributed by atoms with Crippen LogP contribution in [0.25, 0.3) is 66.1 Å². The van der Waals surface area contributed by atoms with E-state index in [9.17, 15) is 9.59 Å². The van der Waals surface area contributed by atoms with Crippen LogP contribution in [-0.2, 0) is 0 Å². The Bertz CT molecular complexity index is 2330. The predicted octanol–water partition coefficient (Wildman–Crippen LogP) is 9.23. The number of fused-ring (bicyclic) bond motifs is 6. The van der Waals surface area contributed by atoms with Gasteiger partial charge in [0.1, 0.15) is 22.7 Å². The molecule has 0 unspecified atom stereocenters. The molecule has 200 valence electrons. The van der Waals surface area contributed by atoms with Gasteiger partial charge in [-0.3, -0.25) is 9.59 Å². The Hall–Kier alpha value is -5.74. The van der Waals surface area contributed by atoms with E-state index in [1.54, 1.807) is 12.1 Å². The number of hydrogen-bond donors (Lipinski definition) is 0. The standard InChI is InChI=1S/2C19H12O2/c20-16-12-18(14-7-2-1-3-8-14)21-17-11-10-13-6-4-5-9-15(13)19(16)17;20-17-12-18(14-7-2-1-3-8-14)21-19-15-9-5-4-6-13(15)10-11-16(17)19/h2*1-12H. The van der Waals surface area contributed by atoms with E-state index in [0.29, 0.717) is 33.5 Å². The fraction of sp³-hybridized carbons (Fsp3) is 0. The zero-order valence-electron chi connectivity index (χ0n) is 22.5. The lowest BCUT2D eigenvalue weighted by Gasteiger charge is -2.06. The first-order chi connectivity index (χ1) is 20.7. The Morgan fingerprint density at radius 2 is 0.929 bits per heavy atom. The minimum absolute atomic E-state index is 0.00750. The largest absolute Gasteiger partial charge is 0.456 e. The van der Waals surface area contributed by atoms with Crippen LogP contribution < -0.4 is 10.9 Å². The molecule has 0 N–H and O–H groups in total. The minimum Gasteiger partial charge on any atom is -0.456 e. The van der Waals surface area contributed by atoms with Gasteiger partial charge in [-0.05, 0) is 28.3 Å². The highest BCUT2D eigenvalue weighted by molar-refractivity contribution is 6.06. The molecule has 4 nitrogen and oxygen atoms in total. The van der Waals surface area contributed by atoms with Crippen molar-refractivity contribution in [1.82, 2.24) is 0 Å². The van der Waals surface area contributed by atoms with E-state index in [0.717, 1.165) is 32.7 Å². The fourth-order valence-electron chi connectivity index (χ4n) is 5.30. The lowest BCUT2D eigenvalue weighted by molar-refractivity contribution is 0.619. The summed E-state index contributed by atoms with van der Waals surface area (Å²) >= 11 is 0. The Morgan fingerprint density at radius 3 is 1.62 bits per heavy atom. The van der Waals surface area contributed by atoms with Crippen LogP contribution in [0, 0.1) is 0 Å². The van der Waals surface area contributed by atoms with Gasteiger partial charge in [-0.1, -0.05) is 121 Å². The molecular formula is C38H24O4. The Morgan fingerprint density at radius 1 is 0.405 bits per heavy atom. The normalized spacial score (nSPS) is 11.0. The SMILES string of the molecule is O=c1cc(-c2ccccc2)oc2c1ccc1ccccc12.O=c1cc(-c2ccccc2)oc2ccc3ccccc3c12. The molecule has 0 saturated carbocycles. The van der Waals surface area contributed by atoms with Crippen LogP contribution >= 0.6 is 0 Å². The molecule has 0 bridgehead atoms. The molecular weight excluding hydrogens is 520 g/mol. The van der Waals surface area contributed by atoms with Crippen LogP contribution in [0.2, 0.25) is 0 Å². The topological polar surface area (TPSA) is 60.4 Å². The predicted molar refractivity (Wildman–Crippen MR) is 171 cm³/mol. The summed E-state index contributed by atoms with van der Waals surface area (Å²) in [5, 5.41) is 5.28. The molecule has 0 saturated heterocycles. The van der Waals surface area contributed by atoms with Crippen LogP contribution in [0.15, 0.2) is 164 Å². The number of rotatable bonds is 2. The number of benzene rings is 6. The molecule has 6 aromatic carbocycles. The summed E-state index contributed by atoms with van der Waals surface area (Å²) in [6.45, 7) is 0. The first-order valence-corrected chi connectivity index (χ1v) is 13.7. The van der Waals surface area contributed by atoms with Crippen LogP contribution in [0.4, 0.5) is 0 Å². The maximum absolute atomic E-state index is 12.5. The monoisotopic (exact) mass is 544 g/mol. The van der Waals surface area contributed by atoms with Crippen LogP contribution in [0.3, 0.4) is 0 Å². The minimum atomic E-state index is -0.0131. The molecule has 0 radical (unpaired) electrons. The van der Waals surface area contributed by atoms with Crippen molar-refractivity contribution in [2.45, 2.75) is 0 Å². The molecule has 42 heavy (non-hydrogen) atoms. The highest BCUT2D eigenvalue weighted by Gasteiger charge is 2.11. The summed E-state index contributed by atoms with van der Waals surface area (Å²) in [5.41, 5.74) is 3.07. The lowest BCUT2D eigenvalue weighted by Crippen LogP contribution is -2.01. The first-order valence-electron chi connectivity index (χ1n) is 13.7. The second-order valence-electron chi connectivity index (χ2n) is 10.0. The quantitative estimate of drug-likeness (QED) is 0.204. The highest BCUT2D eigenvalue weighted by atomic mass is 16.3. The third-order valence-electron chi connectivity index (χ3n) is 7.36. The van der Waals surface area contributed by atoms with Gasteiger partial charge in [0.2, 0.25) is 0 Å². The van der Waals surface area contributed by atoms with Gasteiger partial charge in [0.15, 0.2) is 10.9 Å². The molecule has 2 aromatic heterocycles. The van der Waals surface area contributed by atoms with Crippen LogP contribution in [0.1, 0.15) is 0 Å². The van der Waals surface area contributed by atoms with Gasteiger partial charge in [-0.15, -0.1) is 0 Å². The second kappa shape index (κ2) is 10.7. The maximum atomic E-state index is 12.5. The van der Waals surface area contributed by atoms with Gasteiger partial charge in [0.25, 0.3) is 0 Å². The molecule has 2 heterocycles. The number of hydrogen-bond acceptors (Lipinski definition) is 4. The summed E-state index contributed by atoms with van der Waals surface area (Å²) in [7, 11) is 0. The van der Waals surface area contributed by atoms with E-state index in [-0.39, 0.29) is 10.9 Å². The van der Waals surface area contributed by atoms with Crippen molar-refractivity contribution in [3.63, 3.8) is 0 Å². The van der Waals surface area contributed by atoms with Gasteiger partial charge in [0.05, 0.1) is 10.8 Å². The van der Waals surface area contributed by atoms with Crippen molar-refractivity contribution in [3.05, 3.63) is 166 Å². The summed E-state index contributed by atoms with van der Waals surface area (Å²) < 4.78 is 12.0.